The summed E-state index contributed by atoms with van der Waals surface area (Å²) in [6.07, 6.45) is 1.34. The van der Waals surface area contributed by atoms with Crippen molar-refractivity contribution in [3.63, 3.8) is 0 Å². The summed E-state index contributed by atoms with van der Waals surface area (Å²) in [7, 11) is 1.50. The number of urea groups is 1. The van der Waals surface area contributed by atoms with E-state index in [-0.39, 0.29) is 29.4 Å². The topological polar surface area (TPSA) is 111 Å². The van der Waals surface area contributed by atoms with Crippen molar-refractivity contribution in [2.75, 3.05) is 18.6 Å². The van der Waals surface area contributed by atoms with Gasteiger partial charge in [-0.25, -0.2) is 14.5 Å². The van der Waals surface area contributed by atoms with Gasteiger partial charge in [0.15, 0.2) is 11.5 Å². The standard InChI is InChI=1S/C28H24N2O7/c1-4-36-24-16-18(7-14-23(24)37-27(33)19-8-5-17(2)6-9-19)15-22-25(31)29-28(34)30(26(22)32)20-10-12-21(35-3)13-11-20/h5-16H,4H2,1-3H3,(H,29,31,34)/b22-15+. The van der Waals surface area contributed by atoms with E-state index in [2.05, 4.69) is 5.32 Å². The predicted octanol–water partition coefficient (Wildman–Crippen LogP) is 4.29. The van der Waals surface area contributed by atoms with E-state index in [9.17, 15) is 19.2 Å². The lowest BCUT2D eigenvalue weighted by Crippen LogP contribution is -2.54. The molecule has 0 aromatic heterocycles. The molecule has 1 heterocycles. The highest BCUT2D eigenvalue weighted by molar-refractivity contribution is 6.39. The number of carbonyl (C=O) groups excluding carboxylic acids is 4. The number of carbonyl (C=O) groups is 4. The zero-order valence-electron chi connectivity index (χ0n) is 20.4. The van der Waals surface area contributed by atoms with Crippen LogP contribution >= 0.6 is 0 Å². The Bertz CT molecular complexity index is 1390. The Balaban J connectivity index is 1.62. The number of aryl methyl sites for hydroxylation is 1. The number of amides is 4. The van der Waals surface area contributed by atoms with Crippen molar-refractivity contribution < 1.29 is 33.4 Å². The first-order chi connectivity index (χ1) is 17.8. The maximum Gasteiger partial charge on any atom is 0.343 e. The smallest absolute Gasteiger partial charge is 0.343 e. The lowest BCUT2D eigenvalue weighted by molar-refractivity contribution is -0.122. The van der Waals surface area contributed by atoms with E-state index in [1.54, 1.807) is 43.3 Å². The van der Waals surface area contributed by atoms with Crippen LogP contribution in [0.25, 0.3) is 6.08 Å². The second kappa shape index (κ2) is 10.8. The second-order valence-corrected chi connectivity index (χ2v) is 8.05. The number of nitrogens with one attached hydrogen (secondary N) is 1. The molecule has 1 saturated heterocycles. The molecule has 1 fully saturated rings. The third-order valence-corrected chi connectivity index (χ3v) is 5.50. The highest BCUT2D eigenvalue weighted by Gasteiger charge is 2.36. The van der Waals surface area contributed by atoms with E-state index in [1.165, 1.54) is 31.4 Å². The molecule has 0 spiro atoms. The Morgan fingerprint density at radius 2 is 1.65 bits per heavy atom. The lowest BCUT2D eigenvalue weighted by atomic mass is 10.1. The van der Waals surface area contributed by atoms with E-state index < -0.39 is 23.8 Å². The van der Waals surface area contributed by atoms with Crippen molar-refractivity contribution in [3.8, 4) is 17.2 Å². The molecule has 0 atom stereocenters. The molecule has 3 aromatic carbocycles. The zero-order chi connectivity index (χ0) is 26.5. The number of barbiturate groups is 1. The van der Waals surface area contributed by atoms with Gasteiger partial charge in [0.25, 0.3) is 11.8 Å². The Labute approximate surface area is 213 Å². The van der Waals surface area contributed by atoms with Crippen LogP contribution in [0.2, 0.25) is 0 Å². The van der Waals surface area contributed by atoms with Gasteiger partial charge in [0, 0.05) is 0 Å². The maximum absolute atomic E-state index is 13.2. The fourth-order valence-corrected chi connectivity index (χ4v) is 3.61. The molecule has 0 saturated carbocycles. The van der Waals surface area contributed by atoms with Gasteiger partial charge in [0.05, 0.1) is 25.0 Å². The van der Waals surface area contributed by atoms with Crippen LogP contribution in [0.15, 0.2) is 72.3 Å². The Morgan fingerprint density at radius 1 is 0.946 bits per heavy atom. The minimum atomic E-state index is -0.856. The molecule has 0 unspecified atom stereocenters. The van der Waals surface area contributed by atoms with Crippen LogP contribution < -0.4 is 24.4 Å². The number of rotatable bonds is 7. The normalized spacial score (nSPS) is 14.4. The van der Waals surface area contributed by atoms with Gasteiger partial charge in [-0.05, 0) is 74.0 Å². The molecule has 0 radical (unpaired) electrons. The van der Waals surface area contributed by atoms with Crippen LogP contribution in [-0.2, 0) is 9.59 Å². The lowest BCUT2D eigenvalue weighted by Gasteiger charge is -2.26. The van der Waals surface area contributed by atoms with Crippen molar-refractivity contribution in [1.82, 2.24) is 5.32 Å². The van der Waals surface area contributed by atoms with Gasteiger partial charge in [-0.3, -0.25) is 14.9 Å². The minimum Gasteiger partial charge on any atom is -0.497 e. The number of hydrogen-bond acceptors (Lipinski definition) is 7. The highest BCUT2D eigenvalue weighted by Crippen LogP contribution is 2.31. The maximum atomic E-state index is 13.2. The molecule has 3 aromatic rings. The molecule has 4 amide bonds. The zero-order valence-corrected chi connectivity index (χ0v) is 20.4. The van der Waals surface area contributed by atoms with E-state index in [1.807, 2.05) is 19.1 Å². The summed E-state index contributed by atoms with van der Waals surface area (Å²) in [4.78, 5) is 51.6. The van der Waals surface area contributed by atoms with Crippen molar-refractivity contribution >= 4 is 35.6 Å². The molecule has 9 heteroatoms. The Morgan fingerprint density at radius 3 is 2.30 bits per heavy atom. The van der Waals surface area contributed by atoms with Crippen LogP contribution in [0.3, 0.4) is 0 Å². The first kappa shape index (κ1) is 25.2. The number of methoxy groups -OCH3 is 1. The summed E-state index contributed by atoms with van der Waals surface area (Å²) in [6, 6.07) is 17.0. The summed E-state index contributed by atoms with van der Waals surface area (Å²) >= 11 is 0. The van der Waals surface area contributed by atoms with Gasteiger partial charge in [-0.15, -0.1) is 0 Å². The number of imide groups is 2. The largest absolute Gasteiger partial charge is 0.497 e. The van der Waals surface area contributed by atoms with Crippen molar-refractivity contribution in [3.05, 3.63) is 89.0 Å². The summed E-state index contributed by atoms with van der Waals surface area (Å²) < 4.78 is 16.3. The molecule has 37 heavy (non-hydrogen) atoms. The van der Waals surface area contributed by atoms with Gasteiger partial charge in [-0.2, -0.15) is 0 Å². The highest BCUT2D eigenvalue weighted by atomic mass is 16.6. The third-order valence-electron chi connectivity index (χ3n) is 5.50. The average Bonchev–Trinajstić information content (AvgIpc) is 2.88. The van der Waals surface area contributed by atoms with Crippen molar-refractivity contribution in [2.24, 2.45) is 0 Å². The molecule has 0 bridgehead atoms. The van der Waals surface area contributed by atoms with E-state index in [0.29, 0.717) is 16.9 Å². The average molecular weight is 501 g/mol. The predicted molar refractivity (Wildman–Crippen MR) is 136 cm³/mol. The van der Waals surface area contributed by atoms with Crippen LogP contribution in [0.4, 0.5) is 10.5 Å². The molecule has 9 nitrogen and oxygen atoms in total. The van der Waals surface area contributed by atoms with E-state index in [0.717, 1.165) is 10.5 Å². The molecule has 1 N–H and O–H groups in total. The van der Waals surface area contributed by atoms with Crippen LogP contribution in [0.1, 0.15) is 28.4 Å². The SMILES string of the molecule is CCOc1cc(/C=C2\C(=O)NC(=O)N(c3ccc(OC)cc3)C2=O)ccc1OC(=O)c1ccc(C)cc1. The van der Waals surface area contributed by atoms with Gasteiger partial charge in [0.1, 0.15) is 11.3 Å². The molecule has 0 aliphatic carbocycles. The summed E-state index contributed by atoms with van der Waals surface area (Å²) in [6.45, 7) is 3.97. The van der Waals surface area contributed by atoms with Gasteiger partial charge in [-0.1, -0.05) is 23.8 Å². The number of nitrogens with zero attached hydrogens (tertiary/aromatic N) is 1. The van der Waals surface area contributed by atoms with Gasteiger partial charge < -0.3 is 14.2 Å². The number of esters is 1. The fraction of sp³-hybridized carbons (Fsp3) is 0.143. The van der Waals surface area contributed by atoms with Crippen LogP contribution in [-0.4, -0.2) is 37.5 Å². The Kier molecular flexibility index (Phi) is 7.34. The molecule has 1 aliphatic rings. The third kappa shape index (κ3) is 5.51. The van der Waals surface area contributed by atoms with Gasteiger partial charge >= 0.3 is 12.0 Å². The van der Waals surface area contributed by atoms with Crippen molar-refractivity contribution in [1.29, 1.82) is 0 Å². The number of ether oxygens (including phenoxy) is 3. The minimum absolute atomic E-state index is 0.184. The van der Waals surface area contributed by atoms with E-state index >= 15 is 0 Å². The first-order valence-electron chi connectivity index (χ1n) is 11.4. The molecule has 4 rings (SSSR count). The molecule has 1 aliphatic heterocycles. The number of benzene rings is 3. The summed E-state index contributed by atoms with van der Waals surface area (Å²) in [5.74, 6) is -1.18. The number of hydrogen-bond donors (Lipinski definition) is 1. The fourth-order valence-electron chi connectivity index (χ4n) is 3.61. The van der Waals surface area contributed by atoms with Crippen LogP contribution in [0, 0.1) is 6.92 Å². The molecular weight excluding hydrogens is 476 g/mol. The second-order valence-electron chi connectivity index (χ2n) is 8.05. The quantitative estimate of drug-likeness (QED) is 0.223. The summed E-state index contributed by atoms with van der Waals surface area (Å²) in [5.41, 5.74) is 1.85. The number of anilines is 1. The first-order valence-corrected chi connectivity index (χ1v) is 11.4. The monoisotopic (exact) mass is 500 g/mol. The van der Waals surface area contributed by atoms with Crippen molar-refractivity contribution in [2.45, 2.75) is 13.8 Å². The summed E-state index contributed by atoms with van der Waals surface area (Å²) in [5, 5.41) is 2.18. The molecular formula is C28H24N2O7. The van der Waals surface area contributed by atoms with E-state index in [4.69, 9.17) is 14.2 Å². The van der Waals surface area contributed by atoms with Crippen LogP contribution in [0.5, 0.6) is 17.2 Å². The van der Waals surface area contributed by atoms with Gasteiger partial charge in [0.2, 0.25) is 0 Å². The Hall–Kier alpha value is -4.92. The molecule has 188 valence electrons.